The van der Waals surface area contributed by atoms with Crippen LogP contribution in [0.4, 0.5) is 0 Å². The zero-order valence-corrected chi connectivity index (χ0v) is 9.78. The summed E-state index contributed by atoms with van der Waals surface area (Å²) in [7, 11) is 0. The summed E-state index contributed by atoms with van der Waals surface area (Å²) in [6, 6.07) is 8.31. The molecule has 82 valence electrons. The van der Waals surface area contributed by atoms with Gasteiger partial charge in [0.1, 0.15) is 0 Å². The van der Waals surface area contributed by atoms with Crippen molar-refractivity contribution in [1.29, 1.82) is 0 Å². The second-order valence-corrected chi connectivity index (χ2v) is 4.46. The minimum Gasteiger partial charge on any atom is -0.340 e. The zero-order chi connectivity index (χ0) is 11.1. The van der Waals surface area contributed by atoms with E-state index in [9.17, 15) is 0 Å². The first-order valence-corrected chi connectivity index (χ1v) is 5.44. The van der Waals surface area contributed by atoms with Gasteiger partial charge in [-0.2, -0.15) is 0 Å². The van der Waals surface area contributed by atoms with E-state index in [-0.39, 0.29) is 12.2 Å². The number of benzene rings is 1. The molecule has 0 spiro atoms. The van der Waals surface area contributed by atoms with Crippen molar-refractivity contribution in [3.05, 3.63) is 35.4 Å². The Kier molecular flexibility index (Phi) is 2.57. The van der Waals surface area contributed by atoms with Gasteiger partial charge in [0.15, 0.2) is 5.79 Å². The summed E-state index contributed by atoms with van der Waals surface area (Å²) in [5.41, 5.74) is 2.34. The molecule has 1 aliphatic heterocycles. The SMILES string of the molecule is Cc1ccc(C2(C)O[C@H](C)[C@@H](C)O2)cc1. The first-order chi connectivity index (χ1) is 7.01. The van der Waals surface area contributed by atoms with E-state index in [1.54, 1.807) is 0 Å². The molecule has 1 aromatic rings. The molecule has 0 aliphatic carbocycles. The Bertz CT molecular complexity index is 332. The van der Waals surface area contributed by atoms with Crippen LogP contribution in [-0.2, 0) is 15.3 Å². The summed E-state index contributed by atoms with van der Waals surface area (Å²) in [5.74, 6) is -0.577. The zero-order valence-electron chi connectivity index (χ0n) is 9.78. The van der Waals surface area contributed by atoms with E-state index in [0.29, 0.717) is 0 Å². The molecule has 1 saturated heterocycles. The quantitative estimate of drug-likeness (QED) is 0.703. The number of aryl methyl sites for hydroxylation is 1. The van der Waals surface area contributed by atoms with Crippen molar-refractivity contribution in [2.75, 3.05) is 0 Å². The minimum absolute atomic E-state index is 0.149. The highest BCUT2D eigenvalue weighted by molar-refractivity contribution is 5.25. The Morgan fingerprint density at radius 1 is 1.00 bits per heavy atom. The highest BCUT2D eigenvalue weighted by Crippen LogP contribution is 2.36. The highest BCUT2D eigenvalue weighted by atomic mass is 16.8. The Labute approximate surface area is 91.2 Å². The lowest BCUT2D eigenvalue weighted by molar-refractivity contribution is -0.166. The van der Waals surface area contributed by atoms with Crippen molar-refractivity contribution in [2.24, 2.45) is 0 Å². The maximum atomic E-state index is 5.86. The Morgan fingerprint density at radius 3 is 1.93 bits per heavy atom. The molecule has 0 saturated carbocycles. The lowest BCUT2D eigenvalue weighted by Gasteiger charge is -2.23. The molecule has 1 fully saturated rings. The lowest BCUT2D eigenvalue weighted by Crippen LogP contribution is -2.23. The molecule has 0 amide bonds. The summed E-state index contributed by atoms with van der Waals surface area (Å²) in [4.78, 5) is 0. The van der Waals surface area contributed by atoms with E-state index in [2.05, 4.69) is 31.2 Å². The van der Waals surface area contributed by atoms with E-state index in [1.165, 1.54) is 5.56 Å². The predicted octanol–water partition coefficient (Wildman–Crippen LogP) is 2.99. The maximum Gasteiger partial charge on any atom is 0.192 e. The van der Waals surface area contributed by atoms with Crippen LogP contribution in [0.25, 0.3) is 0 Å². The average Bonchev–Trinajstić information content (AvgIpc) is 2.43. The molecule has 0 unspecified atom stereocenters. The normalized spacial score (nSPS) is 29.3. The number of rotatable bonds is 1. The van der Waals surface area contributed by atoms with Crippen LogP contribution in [0, 0.1) is 6.92 Å². The molecule has 2 nitrogen and oxygen atoms in total. The Balaban J connectivity index is 2.27. The smallest absolute Gasteiger partial charge is 0.192 e. The van der Waals surface area contributed by atoms with Gasteiger partial charge in [-0.3, -0.25) is 0 Å². The van der Waals surface area contributed by atoms with Crippen LogP contribution in [0.15, 0.2) is 24.3 Å². The fourth-order valence-electron chi connectivity index (χ4n) is 1.92. The van der Waals surface area contributed by atoms with E-state index in [0.717, 1.165) is 5.56 Å². The van der Waals surface area contributed by atoms with Crippen molar-refractivity contribution >= 4 is 0 Å². The summed E-state index contributed by atoms with van der Waals surface area (Å²) < 4.78 is 11.7. The molecular formula is C13H18O2. The van der Waals surface area contributed by atoms with Crippen molar-refractivity contribution in [3.8, 4) is 0 Å². The molecule has 0 N–H and O–H groups in total. The van der Waals surface area contributed by atoms with E-state index in [1.807, 2.05) is 20.8 Å². The Hall–Kier alpha value is -0.860. The largest absolute Gasteiger partial charge is 0.340 e. The second kappa shape index (κ2) is 3.62. The van der Waals surface area contributed by atoms with Crippen molar-refractivity contribution in [1.82, 2.24) is 0 Å². The maximum absolute atomic E-state index is 5.86. The third kappa shape index (κ3) is 1.92. The van der Waals surface area contributed by atoms with Crippen molar-refractivity contribution < 1.29 is 9.47 Å². The van der Waals surface area contributed by atoms with E-state index < -0.39 is 5.79 Å². The van der Waals surface area contributed by atoms with Gasteiger partial charge in [0.05, 0.1) is 12.2 Å². The van der Waals surface area contributed by atoms with Gasteiger partial charge in [-0.1, -0.05) is 29.8 Å². The van der Waals surface area contributed by atoms with Gasteiger partial charge in [-0.25, -0.2) is 0 Å². The van der Waals surface area contributed by atoms with Crippen LogP contribution in [0.2, 0.25) is 0 Å². The van der Waals surface area contributed by atoms with Crippen LogP contribution < -0.4 is 0 Å². The molecule has 2 rings (SSSR count). The highest BCUT2D eigenvalue weighted by Gasteiger charge is 2.41. The van der Waals surface area contributed by atoms with E-state index in [4.69, 9.17) is 9.47 Å². The van der Waals surface area contributed by atoms with Gasteiger partial charge in [0.25, 0.3) is 0 Å². The van der Waals surface area contributed by atoms with Gasteiger partial charge in [-0.05, 0) is 27.7 Å². The first-order valence-electron chi connectivity index (χ1n) is 5.44. The third-order valence-corrected chi connectivity index (χ3v) is 3.06. The van der Waals surface area contributed by atoms with E-state index >= 15 is 0 Å². The number of hydrogen-bond acceptors (Lipinski definition) is 2. The van der Waals surface area contributed by atoms with Crippen LogP contribution >= 0.6 is 0 Å². The monoisotopic (exact) mass is 206 g/mol. The fourth-order valence-corrected chi connectivity index (χ4v) is 1.92. The molecule has 2 atom stereocenters. The van der Waals surface area contributed by atoms with Gasteiger partial charge in [0.2, 0.25) is 0 Å². The molecule has 1 aromatic carbocycles. The topological polar surface area (TPSA) is 18.5 Å². The van der Waals surface area contributed by atoms with Crippen LogP contribution in [-0.4, -0.2) is 12.2 Å². The fraction of sp³-hybridized carbons (Fsp3) is 0.538. The average molecular weight is 206 g/mol. The molecular weight excluding hydrogens is 188 g/mol. The van der Waals surface area contributed by atoms with Crippen LogP contribution in [0.5, 0.6) is 0 Å². The van der Waals surface area contributed by atoms with Gasteiger partial charge < -0.3 is 9.47 Å². The molecule has 0 bridgehead atoms. The number of ether oxygens (including phenoxy) is 2. The van der Waals surface area contributed by atoms with Crippen molar-refractivity contribution in [2.45, 2.75) is 45.7 Å². The molecule has 0 aromatic heterocycles. The van der Waals surface area contributed by atoms with Crippen molar-refractivity contribution in [3.63, 3.8) is 0 Å². The van der Waals surface area contributed by atoms with Crippen LogP contribution in [0.3, 0.4) is 0 Å². The summed E-state index contributed by atoms with van der Waals surface area (Å²) in [6.45, 7) is 8.15. The summed E-state index contributed by atoms with van der Waals surface area (Å²) in [6.07, 6.45) is 0.299. The summed E-state index contributed by atoms with van der Waals surface area (Å²) in [5, 5.41) is 0. The number of hydrogen-bond donors (Lipinski definition) is 0. The standard InChI is InChI=1S/C13H18O2/c1-9-5-7-12(8-6-9)13(4)14-10(2)11(3)15-13/h5-8,10-11H,1-4H3/t10-,11-/m1/s1. The molecule has 1 aliphatic rings. The molecule has 1 heterocycles. The van der Waals surface area contributed by atoms with Crippen LogP contribution in [0.1, 0.15) is 31.9 Å². The molecule has 15 heavy (non-hydrogen) atoms. The van der Waals surface area contributed by atoms with Gasteiger partial charge >= 0.3 is 0 Å². The third-order valence-electron chi connectivity index (χ3n) is 3.06. The van der Waals surface area contributed by atoms with Gasteiger partial charge in [-0.15, -0.1) is 0 Å². The second-order valence-electron chi connectivity index (χ2n) is 4.46. The molecule has 0 radical (unpaired) electrons. The molecule has 2 heteroatoms. The van der Waals surface area contributed by atoms with Gasteiger partial charge in [0, 0.05) is 5.56 Å². The lowest BCUT2D eigenvalue weighted by atomic mass is 10.1. The first kappa shape index (κ1) is 10.7. The predicted molar refractivity (Wildman–Crippen MR) is 59.6 cm³/mol. The summed E-state index contributed by atoms with van der Waals surface area (Å²) >= 11 is 0. The minimum atomic E-state index is -0.577. The Morgan fingerprint density at radius 2 is 1.47 bits per heavy atom.